The largest absolute Gasteiger partial charge is 0.302 e. The molecule has 0 fully saturated rings. The number of benzene rings is 1. The molecule has 0 unspecified atom stereocenters. The summed E-state index contributed by atoms with van der Waals surface area (Å²) in [5, 5.41) is 0.813. The summed E-state index contributed by atoms with van der Waals surface area (Å²) in [7, 11) is -4.43. The van der Waals surface area contributed by atoms with Crippen LogP contribution in [0.2, 0.25) is 10.0 Å². The highest BCUT2D eigenvalue weighted by Gasteiger charge is 2.08. The molecule has 0 amide bonds. The summed E-state index contributed by atoms with van der Waals surface area (Å²) in [6.45, 7) is 0. The average molecular weight is 257 g/mol. The highest BCUT2D eigenvalue weighted by molar-refractivity contribution is 7.86. The minimum absolute atomic E-state index is 0.0686. The van der Waals surface area contributed by atoms with Gasteiger partial charge in [0.1, 0.15) is 0 Å². The van der Waals surface area contributed by atoms with Gasteiger partial charge in [-0.15, -0.1) is 3.89 Å². The van der Waals surface area contributed by atoms with Gasteiger partial charge in [-0.05, 0) is 30.2 Å². The fourth-order valence-corrected chi connectivity index (χ4v) is 2.05. The van der Waals surface area contributed by atoms with E-state index in [-0.39, 0.29) is 6.42 Å². The molecular weight excluding hydrogens is 250 g/mol. The zero-order valence-corrected chi connectivity index (χ0v) is 9.33. The van der Waals surface area contributed by atoms with Crippen molar-refractivity contribution in [2.75, 3.05) is 5.75 Å². The maximum Gasteiger partial charge on any atom is 0.302 e. The maximum atomic E-state index is 12.2. The van der Waals surface area contributed by atoms with Gasteiger partial charge in [0.15, 0.2) is 0 Å². The Hall–Kier alpha value is -0.320. The van der Waals surface area contributed by atoms with Crippen LogP contribution in [0.25, 0.3) is 0 Å². The van der Waals surface area contributed by atoms with Crippen molar-refractivity contribution in [3.05, 3.63) is 33.8 Å². The Balaban J connectivity index is 2.78. The lowest BCUT2D eigenvalue weighted by Gasteiger charge is -2.00. The Kier molecular flexibility index (Phi) is 3.75. The van der Waals surface area contributed by atoms with E-state index in [0.717, 1.165) is 0 Å². The lowest BCUT2D eigenvalue weighted by atomic mass is 10.2. The molecule has 0 bridgehead atoms. The molecule has 6 heteroatoms. The van der Waals surface area contributed by atoms with E-state index in [4.69, 9.17) is 23.2 Å². The summed E-state index contributed by atoms with van der Waals surface area (Å²) < 4.78 is 32.7. The number of hydrogen-bond acceptors (Lipinski definition) is 2. The van der Waals surface area contributed by atoms with Crippen LogP contribution in [0.4, 0.5) is 3.89 Å². The van der Waals surface area contributed by atoms with Gasteiger partial charge in [0, 0.05) is 10.0 Å². The molecule has 0 saturated carbocycles. The Bertz CT molecular complexity index is 411. The summed E-state index contributed by atoms with van der Waals surface area (Å²) in [5.74, 6) is -0.552. The minimum atomic E-state index is -4.43. The molecule has 0 heterocycles. The van der Waals surface area contributed by atoms with E-state index in [9.17, 15) is 12.3 Å². The van der Waals surface area contributed by atoms with Crippen LogP contribution in [0.3, 0.4) is 0 Å². The van der Waals surface area contributed by atoms with Crippen molar-refractivity contribution >= 4 is 33.4 Å². The molecular formula is C8H7Cl2FO2S. The Morgan fingerprint density at radius 2 is 1.64 bits per heavy atom. The van der Waals surface area contributed by atoms with E-state index in [1.807, 2.05) is 0 Å². The molecule has 78 valence electrons. The molecule has 0 aliphatic heterocycles. The molecule has 0 radical (unpaired) electrons. The monoisotopic (exact) mass is 256 g/mol. The molecule has 0 aromatic heterocycles. The van der Waals surface area contributed by atoms with Crippen LogP contribution < -0.4 is 0 Å². The van der Waals surface area contributed by atoms with E-state index in [2.05, 4.69) is 0 Å². The third-order valence-electron chi connectivity index (χ3n) is 1.56. The minimum Gasteiger partial charge on any atom is -0.195 e. The van der Waals surface area contributed by atoms with Crippen molar-refractivity contribution in [1.82, 2.24) is 0 Å². The molecule has 2 nitrogen and oxygen atoms in total. The molecule has 14 heavy (non-hydrogen) atoms. The third-order valence-corrected chi connectivity index (χ3v) is 2.69. The van der Waals surface area contributed by atoms with E-state index in [1.165, 1.54) is 6.07 Å². The van der Waals surface area contributed by atoms with Gasteiger partial charge < -0.3 is 0 Å². The summed E-state index contributed by atoms with van der Waals surface area (Å²) in [5.41, 5.74) is 0.601. The van der Waals surface area contributed by atoms with Gasteiger partial charge >= 0.3 is 10.2 Å². The Labute approximate surface area is 91.9 Å². The predicted octanol–water partition coefficient (Wildman–Crippen LogP) is 2.84. The number of halogens is 3. The highest BCUT2D eigenvalue weighted by Crippen LogP contribution is 2.19. The number of aryl methyl sites for hydroxylation is 1. The van der Waals surface area contributed by atoms with Gasteiger partial charge in [-0.25, -0.2) is 0 Å². The molecule has 1 aromatic rings. The van der Waals surface area contributed by atoms with Gasteiger partial charge in [-0.2, -0.15) is 8.42 Å². The SMILES string of the molecule is O=S(=O)(F)CCc1cc(Cl)cc(Cl)c1. The first kappa shape index (κ1) is 11.8. The molecule has 0 atom stereocenters. The summed E-state index contributed by atoms with van der Waals surface area (Å²) in [4.78, 5) is 0. The van der Waals surface area contributed by atoms with E-state index < -0.39 is 16.0 Å². The summed E-state index contributed by atoms with van der Waals surface area (Å²) in [6.07, 6.45) is 0.0686. The third kappa shape index (κ3) is 4.26. The van der Waals surface area contributed by atoms with Crippen molar-refractivity contribution in [2.45, 2.75) is 6.42 Å². The fourth-order valence-electron chi connectivity index (χ4n) is 0.995. The van der Waals surface area contributed by atoms with Crippen LogP contribution >= 0.6 is 23.2 Å². The second-order valence-electron chi connectivity index (χ2n) is 2.77. The summed E-state index contributed by atoms with van der Waals surface area (Å²) in [6, 6.07) is 4.63. The highest BCUT2D eigenvalue weighted by atomic mass is 35.5. The Morgan fingerprint density at radius 1 is 1.14 bits per heavy atom. The lowest BCUT2D eigenvalue weighted by molar-refractivity contribution is 0.551. The molecule has 0 N–H and O–H groups in total. The maximum absolute atomic E-state index is 12.2. The van der Waals surface area contributed by atoms with Crippen LogP contribution in [-0.4, -0.2) is 14.2 Å². The quantitative estimate of drug-likeness (QED) is 0.780. The normalized spacial score (nSPS) is 11.6. The molecule has 0 aliphatic carbocycles. The van der Waals surface area contributed by atoms with Crippen molar-refractivity contribution < 1.29 is 12.3 Å². The zero-order valence-electron chi connectivity index (χ0n) is 7.00. The smallest absolute Gasteiger partial charge is 0.195 e. The van der Waals surface area contributed by atoms with Crippen LogP contribution in [0.1, 0.15) is 5.56 Å². The number of rotatable bonds is 3. The predicted molar refractivity (Wildman–Crippen MR) is 55.1 cm³/mol. The molecule has 0 saturated heterocycles. The van der Waals surface area contributed by atoms with Gasteiger partial charge in [0.05, 0.1) is 5.75 Å². The van der Waals surface area contributed by atoms with Gasteiger partial charge in [0.2, 0.25) is 0 Å². The second-order valence-corrected chi connectivity index (χ2v) is 5.13. The van der Waals surface area contributed by atoms with E-state index in [1.54, 1.807) is 12.1 Å². The fraction of sp³-hybridized carbons (Fsp3) is 0.250. The van der Waals surface area contributed by atoms with E-state index >= 15 is 0 Å². The van der Waals surface area contributed by atoms with Crippen LogP contribution in [0, 0.1) is 0 Å². The van der Waals surface area contributed by atoms with Crippen LogP contribution in [0.15, 0.2) is 18.2 Å². The van der Waals surface area contributed by atoms with Gasteiger partial charge in [0.25, 0.3) is 0 Å². The summed E-state index contributed by atoms with van der Waals surface area (Å²) >= 11 is 11.3. The zero-order chi connectivity index (χ0) is 10.8. The van der Waals surface area contributed by atoms with Crippen LogP contribution in [-0.2, 0) is 16.6 Å². The van der Waals surface area contributed by atoms with Crippen LogP contribution in [0.5, 0.6) is 0 Å². The number of hydrogen-bond donors (Lipinski definition) is 0. The average Bonchev–Trinajstić information content (AvgIpc) is 1.97. The van der Waals surface area contributed by atoms with Crippen molar-refractivity contribution in [3.8, 4) is 0 Å². The standard InChI is InChI=1S/C8H7Cl2FO2S/c9-7-3-6(4-8(10)5-7)1-2-14(11,12)13/h3-5H,1-2H2. The van der Waals surface area contributed by atoms with Crippen molar-refractivity contribution in [1.29, 1.82) is 0 Å². The molecule has 1 aromatic carbocycles. The van der Waals surface area contributed by atoms with Crippen molar-refractivity contribution in [2.24, 2.45) is 0 Å². The van der Waals surface area contributed by atoms with Gasteiger partial charge in [-0.1, -0.05) is 23.2 Å². The first-order valence-electron chi connectivity index (χ1n) is 3.74. The Morgan fingerprint density at radius 3 is 2.07 bits per heavy atom. The van der Waals surface area contributed by atoms with Crippen molar-refractivity contribution in [3.63, 3.8) is 0 Å². The second kappa shape index (κ2) is 4.47. The molecule has 1 rings (SSSR count). The molecule has 0 spiro atoms. The topological polar surface area (TPSA) is 34.1 Å². The van der Waals surface area contributed by atoms with E-state index in [0.29, 0.717) is 15.6 Å². The first-order valence-corrected chi connectivity index (χ1v) is 6.05. The lowest BCUT2D eigenvalue weighted by Crippen LogP contribution is -2.01. The molecule has 0 aliphatic rings. The first-order chi connectivity index (χ1) is 6.37. The van der Waals surface area contributed by atoms with Gasteiger partial charge in [-0.3, -0.25) is 0 Å².